The van der Waals surface area contributed by atoms with Crippen LogP contribution in [0.5, 0.6) is 0 Å². The van der Waals surface area contributed by atoms with Gasteiger partial charge in [-0.2, -0.15) is 13.2 Å². The van der Waals surface area contributed by atoms with E-state index in [9.17, 15) is 13.2 Å². The van der Waals surface area contributed by atoms with Crippen LogP contribution in [0.15, 0.2) is 47.5 Å². The maximum atomic E-state index is 12.7. The Morgan fingerprint density at radius 3 is 2.26 bits per heavy atom. The van der Waals surface area contributed by atoms with Crippen LogP contribution in [-0.4, -0.2) is 11.9 Å². The van der Waals surface area contributed by atoms with Crippen molar-refractivity contribution in [2.75, 3.05) is 0 Å². The zero-order valence-electron chi connectivity index (χ0n) is 15.5. The number of hydrogen-bond acceptors (Lipinski definition) is 1. The standard InChI is InChI=1S/C23H20F3N/c1-13-10-14(2)12-17(11-13)22-19-7-5-16(8-9-23(24,25)26)18-6-4-15(3)21(27-22)20(18)19/h4-7,10-12H,8-9H2,1-3H3. The van der Waals surface area contributed by atoms with Crippen molar-refractivity contribution in [2.24, 2.45) is 4.99 Å². The van der Waals surface area contributed by atoms with Crippen molar-refractivity contribution in [2.45, 2.75) is 39.8 Å². The van der Waals surface area contributed by atoms with E-state index in [1.807, 2.05) is 31.2 Å². The first-order valence-electron chi connectivity index (χ1n) is 9.02. The molecule has 0 aromatic heterocycles. The normalized spacial score (nSPS) is 13.3. The van der Waals surface area contributed by atoms with Crippen LogP contribution >= 0.6 is 0 Å². The molecule has 1 aliphatic rings. The summed E-state index contributed by atoms with van der Waals surface area (Å²) in [4.78, 5) is 4.89. The smallest absolute Gasteiger partial charge is 0.247 e. The highest BCUT2D eigenvalue weighted by atomic mass is 19.4. The summed E-state index contributed by atoms with van der Waals surface area (Å²) in [6.45, 7) is 6.11. The van der Waals surface area contributed by atoms with Crippen molar-refractivity contribution in [3.8, 4) is 0 Å². The van der Waals surface area contributed by atoms with Crippen molar-refractivity contribution in [1.29, 1.82) is 0 Å². The molecule has 4 heteroatoms. The van der Waals surface area contributed by atoms with Crippen molar-refractivity contribution in [1.82, 2.24) is 0 Å². The third-order valence-corrected chi connectivity index (χ3v) is 5.10. The van der Waals surface area contributed by atoms with Gasteiger partial charge in [0.1, 0.15) is 0 Å². The molecule has 0 fully saturated rings. The van der Waals surface area contributed by atoms with E-state index < -0.39 is 12.6 Å². The van der Waals surface area contributed by atoms with E-state index in [0.29, 0.717) is 0 Å². The number of rotatable bonds is 3. The van der Waals surface area contributed by atoms with E-state index in [2.05, 4.69) is 32.0 Å². The molecule has 0 spiro atoms. The zero-order chi connectivity index (χ0) is 19.3. The molecular weight excluding hydrogens is 347 g/mol. The van der Waals surface area contributed by atoms with E-state index in [4.69, 9.17) is 4.99 Å². The fourth-order valence-corrected chi connectivity index (χ4v) is 3.93. The van der Waals surface area contributed by atoms with E-state index in [1.54, 1.807) is 0 Å². The summed E-state index contributed by atoms with van der Waals surface area (Å²) in [6.07, 6.45) is -4.98. The van der Waals surface area contributed by atoms with Gasteiger partial charge in [-0.25, -0.2) is 4.99 Å². The first kappa shape index (κ1) is 17.8. The van der Waals surface area contributed by atoms with E-state index in [0.717, 1.165) is 44.4 Å². The lowest BCUT2D eigenvalue weighted by atomic mass is 9.92. The van der Waals surface area contributed by atoms with Crippen molar-refractivity contribution in [3.63, 3.8) is 0 Å². The lowest BCUT2D eigenvalue weighted by Crippen LogP contribution is -2.09. The number of aryl methyl sites for hydroxylation is 4. The van der Waals surface area contributed by atoms with Gasteiger partial charge in [0.25, 0.3) is 0 Å². The predicted octanol–water partition coefficient (Wildman–Crippen LogP) is 6.74. The van der Waals surface area contributed by atoms with Crippen molar-refractivity contribution >= 4 is 22.2 Å². The highest BCUT2D eigenvalue weighted by Crippen LogP contribution is 2.41. The molecule has 1 heterocycles. The molecule has 0 unspecified atom stereocenters. The van der Waals surface area contributed by atoms with E-state index in [1.165, 1.54) is 11.1 Å². The van der Waals surface area contributed by atoms with Crippen molar-refractivity contribution < 1.29 is 13.2 Å². The molecule has 0 N–H and O–H groups in total. The van der Waals surface area contributed by atoms with E-state index in [-0.39, 0.29) is 6.42 Å². The highest BCUT2D eigenvalue weighted by Gasteiger charge is 2.28. The quantitative estimate of drug-likeness (QED) is 0.380. The Kier molecular flexibility index (Phi) is 4.10. The summed E-state index contributed by atoms with van der Waals surface area (Å²) in [5.41, 5.74) is 7.93. The zero-order valence-corrected chi connectivity index (χ0v) is 15.5. The van der Waals surface area contributed by atoms with Crippen LogP contribution in [-0.2, 0) is 6.42 Å². The molecule has 1 nitrogen and oxygen atoms in total. The molecule has 0 amide bonds. The number of halogens is 3. The third-order valence-electron chi connectivity index (χ3n) is 5.10. The Hall–Kier alpha value is -2.62. The van der Waals surface area contributed by atoms with Gasteiger partial charge in [0.05, 0.1) is 11.4 Å². The Balaban J connectivity index is 1.87. The maximum Gasteiger partial charge on any atom is 0.389 e. The van der Waals surface area contributed by atoms with Gasteiger partial charge in [-0.3, -0.25) is 0 Å². The minimum Gasteiger partial charge on any atom is -0.247 e. The average molecular weight is 367 g/mol. The fraction of sp³-hybridized carbons (Fsp3) is 0.261. The molecule has 27 heavy (non-hydrogen) atoms. The van der Waals surface area contributed by atoms with Crippen LogP contribution < -0.4 is 0 Å². The van der Waals surface area contributed by atoms with Crippen LogP contribution in [0, 0.1) is 20.8 Å². The molecule has 0 saturated carbocycles. The summed E-state index contributed by atoms with van der Waals surface area (Å²) in [5.74, 6) is 0. The summed E-state index contributed by atoms with van der Waals surface area (Å²) in [5, 5.41) is 1.85. The summed E-state index contributed by atoms with van der Waals surface area (Å²) in [7, 11) is 0. The molecule has 138 valence electrons. The van der Waals surface area contributed by atoms with Gasteiger partial charge >= 0.3 is 6.18 Å². The van der Waals surface area contributed by atoms with Gasteiger partial charge in [-0.15, -0.1) is 0 Å². The summed E-state index contributed by atoms with van der Waals surface area (Å²) >= 11 is 0. The first-order chi connectivity index (χ1) is 12.7. The van der Waals surface area contributed by atoms with Gasteiger partial charge in [-0.1, -0.05) is 41.5 Å². The monoisotopic (exact) mass is 367 g/mol. The number of aliphatic imine (C=N–C) groups is 1. The van der Waals surface area contributed by atoms with Crippen LogP contribution in [0.25, 0.3) is 10.8 Å². The van der Waals surface area contributed by atoms with Crippen LogP contribution in [0.1, 0.15) is 39.8 Å². The second-order valence-electron chi connectivity index (χ2n) is 7.38. The minimum absolute atomic E-state index is 0.0122. The maximum absolute atomic E-state index is 12.7. The largest absolute Gasteiger partial charge is 0.389 e. The Morgan fingerprint density at radius 2 is 1.59 bits per heavy atom. The van der Waals surface area contributed by atoms with Crippen molar-refractivity contribution in [3.05, 3.63) is 75.8 Å². The van der Waals surface area contributed by atoms with Gasteiger partial charge in [0.2, 0.25) is 0 Å². The second-order valence-corrected chi connectivity index (χ2v) is 7.38. The molecule has 3 aromatic rings. The number of nitrogens with zero attached hydrogens (tertiary/aromatic N) is 1. The topological polar surface area (TPSA) is 12.4 Å². The lowest BCUT2D eigenvalue weighted by Gasteiger charge is -2.12. The summed E-state index contributed by atoms with van der Waals surface area (Å²) < 4.78 is 38.1. The Bertz CT molecular complexity index is 1070. The van der Waals surface area contributed by atoms with Gasteiger partial charge in [0.15, 0.2) is 0 Å². The molecule has 1 aliphatic heterocycles. The van der Waals surface area contributed by atoms with Crippen LogP contribution in [0.4, 0.5) is 18.9 Å². The fourth-order valence-electron chi connectivity index (χ4n) is 3.93. The Morgan fingerprint density at radius 1 is 0.889 bits per heavy atom. The SMILES string of the molecule is Cc1cc(C)cc(C2=Nc3c(C)ccc4c(CCC(F)(F)F)ccc2c34)c1. The minimum atomic E-state index is -4.15. The molecule has 4 rings (SSSR count). The molecule has 0 atom stereocenters. The van der Waals surface area contributed by atoms with Gasteiger partial charge < -0.3 is 0 Å². The number of benzene rings is 3. The predicted molar refractivity (Wildman–Crippen MR) is 104 cm³/mol. The lowest BCUT2D eigenvalue weighted by molar-refractivity contribution is -0.133. The molecule has 0 saturated heterocycles. The van der Waals surface area contributed by atoms with Crippen LogP contribution in [0.3, 0.4) is 0 Å². The Labute approximate surface area is 156 Å². The van der Waals surface area contributed by atoms with Gasteiger partial charge in [-0.05, 0) is 55.8 Å². The molecular formula is C23H20F3N. The van der Waals surface area contributed by atoms with Crippen LogP contribution in [0.2, 0.25) is 0 Å². The first-order valence-corrected chi connectivity index (χ1v) is 9.02. The number of alkyl halides is 3. The van der Waals surface area contributed by atoms with Gasteiger partial charge in [0, 0.05) is 22.9 Å². The highest BCUT2D eigenvalue weighted by molar-refractivity contribution is 6.27. The van der Waals surface area contributed by atoms with E-state index >= 15 is 0 Å². The molecule has 3 aromatic carbocycles. The third kappa shape index (κ3) is 3.25. The molecule has 0 bridgehead atoms. The summed E-state index contributed by atoms with van der Waals surface area (Å²) in [6, 6.07) is 14.0. The molecule has 0 aliphatic carbocycles. The number of hydrogen-bond donors (Lipinski definition) is 0. The molecule has 0 radical (unpaired) electrons. The average Bonchev–Trinajstić information content (AvgIpc) is 2.96. The second kappa shape index (κ2) is 6.22.